The SMILES string of the molecule is NC(=O)c1cc(C(F)(F)F)nn1-c1cccc(C(O)(CCC2CC2)c2ccccc2)c1. The fourth-order valence-electron chi connectivity index (χ4n) is 3.78. The summed E-state index contributed by atoms with van der Waals surface area (Å²) in [6, 6.07) is 16.2. The van der Waals surface area contributed by atoms with Crippen LogP contribution in [-0.2, 0) is 11.8 Å². The molecule has 3 aromatic rings. The lowest BCUT2D eigenvalue weighted by Gasteiger charge is -2.30. The number of hydrogen-bond acceptors (Lipinski definition) is 3. The van der Waals surface area contributed by atoms with Crippen LogP contribution >= 0.6 is 0 Å². The summed E-state index contributed by atoms with van der Waals surface area (Å²) in [6.07, 6.45) is -1.13. The predicted octanol–water partition coefficient (Wildman–Crippen LogP) is 4.42. The van der Waals surface area contributed by atoms with E-state index in [1.54, 1.807) is 18.2 Å². The molecule has 3 N–H and O–H groups in total. The Morgan fingerprint density at radius 2 is 1.74 bits per heavy atom. The molecule has 0 radical (unpaired) electrons. The summed E-state index contributed by atoms with van der Waals surface area (Å²) in [7, 11) is 0. The number of rotatable bonds is 7. The number of nitrogens with zero attached hydrogens (tertiary/aromatic N) is 2. The van der Waals surface area contributed by atoms with E-state index in [-0.39, 0.29) is 11.4 Å². The zero-order valence-electron chi connectivity index (χ0n) is 16.6. The molecule has 1 saturated carbocycles. The van der Waals surface area contributed by atoms with Crippen molar-refractivity contribution < 1.29 is 23.1 Å². The molecule has 8 heteroatoms. The van der Waals surface area contributed by atoms with Gasteiger partial charge in [-0.2, -0.15) is 18.3 Å². The Balaban J connectivity index is 1.79. The fraction of sp³-hybridized carbons (Fsp3) is 0.304. The molecule has 0 aliphatic heterocycles. The Bertz CT molecular complexity index is 1090. The van der Waals surface area contributed by atoms with E-state index in [9.17, 15) is 23.1 Å². The highest BCUT2D eigenvalue weighted by molar-refractivity contribution is 5.91. The van der Waals surface area contributed by atoms with E-state index in [0.717, 1.165) is 23.9 Å². The van der Waals surface area contributed by atoms with Crippen LogP contribution in [0.1, 0.15) is 53.0 Å². The summed E-state index contributed by atoms with van der Waals surface area (Å²) < 4.78 is 40.4. The van der Waals surface area contributed by atoms with Crippen LogP contribution in [-0.4, -0.2) is 20.8 Å². The predicted molar refractivity (Wildman–Crippen MR) is 108 cm³/mol. The first-order chi connectivity index (χ1) is 14.7. The highest BCUT2D eigenvalue weighted by atomic mass is 19.4. The largest absolute Gasteiger partial charge is 0.435 e. The molecule has 2 aromatic carbocycles. The lowest BCUT2D eigenvalue weighted by Crippen LogP contribution is -2.28. The highest BCUT2D eigenvalue weighted by Gasteiger charge is 2.37. The smallest absolute Gasteiger partial charge is 0.380 e. The Hall–Kier alpha value is -3.13. The highest BCUT2D eigenvalue weighted by Crippen LogP contribution is 2.41. The minimum absolute atomic E-state index is 0.211. The zero-order chi connectivity index (χ0) is 22.2. The number of aromatic nitrogens is 2. The van der Waals surface area contributed by atoms with Gasteiger partial charge >= 0.3 is 6.18 Å². The molecule has 0 saturated heterocycles. The molecule has 0 bridgehead atoms. The first-order valence-corrected chi connectivity index (χ1v) is 10.0. The third kappa shape index (κ3) is 4.34. The van der Waals surface area contributed by atoms with Gasteiger partial charge in [0.25, 0.3) is 5.91 Å². The Labute approximate surface area is 177 Å². The van der Waals surface area contributed by atoms with Gasteiger partial charge in [-0.05, 0) is 42.0 Å². The summed E-state index contributed by atoms with van der Waals surface area (Å²) in [6.45, 7) is 0. The van der Waals surface area contributed by atoms with E-state index in [4.69, 9.17) is 5.73 Å². The average Bonchev–Trinajstić information content (AvgIpc) is 3.46. The zero-order valence-corrected chi connectivity index (χ0v) is 16.6. The third-order valence-corrected chi connectivity index (χ3v) is 5.68. The van der Waals surface area contributed by atoms with Gasteiger partial charge in [0.2, 0.25) is 0 Å². The second-order valence-electron chi connectivity index (χ2n) is 7.95. The molecular formula is C23H22F3N3O2. The molecule has 5 nitrogen and oxygen atoms in total. The lowest BCUT2D eigenvalue weighted by atomic mass is 9.82. The number of primary amides is 1. The second-order valence-corrected chi connectivity index (χ2v) is 7.95. The van der Waals surface area contributed by atoms with Crippen LogP contribution < -0.4 is 5.73 Å². The van der Waals surface area contributed by atoms with Gasteiger partial charge in [0.15, 0.2) is 5.69 Å². The van der Waals surface area contributed by atoms with E-state index in [1.807, 2.05) is 30.3 Å². The van der Waals surface area contributed by atoms with E-state index in [1.165, 1.54) is 6.07 Å². The van der Waals surface area contributed by atoms with Crippen molar-refractivity contribution in [3.63, 3.8) is 0 Å². The summed E-state index contributed by atoms with van der Waals surface area (Å²) >= 11 is 0. The maximum Gasteiger partial charge on any atom is 0.435 e. The van der Waals surface area contributed by atoms with Crippen LogP contribution in [0, 0.1) is 5.92 Å². The molecule has 162 valence electrons. The minimum Gasteiger partial charge on any atom is -0.380 e. The Morgan fingerprint density at radius 3 is 2.35 bits per heavy atom. The normalized spacial score (nSPS) is 16.1. The maximum absolute atomic E-state index is 13.2. The van der Waals surface area contributed by atoms with Crippen molar-refractivity contribution in [3.05, 3.63) is 83.2 Å². The number of benzene rings is 2. The molecule has 1 aromatic heterocycles. The van der Waals surface area contributed by atoms with Gasteiger partial charge in [0, 0.05) is 6.07 Å². The molecule has 4 rings (SSSR count). The lowest BCUT2D eigenvalue weighted by molar-refractivity contribution is -0.141. The molecule has 1 aliphatic rings. The van der Waals surface area contributed by atoms with E-state index < -0.39 is 23.4 Å². The summed E-state index contributed by atoms with van der Waals surface area (Å²) in [5.74, 6) is -0.444. The molecule has 0 spiro atoms. The van der Waals surface area contributed by atoms with E-state index >= 15 is 0 Å². The number of carbonyl (C=O) groups is 1. The summed E-state index contributed by atoms with van der Waals surface area (Å²) in [5, 5.41) is 15.3. The number of hydrogen-bond donors (Lipinski definition) is 2. The summed E-state index contributed by atoms with van der Waals surface area (Å²) in [4.78, 5) is 11.8. The number of amides is 1. The van der Waals surface area contributed by atoms with Crippen LogP contribution in [0.25, 0.3) is 5.69 Å². The van der Waals surface area contributed by atoms with E-state index in [0.29, 0.717) is 29.5 Å². The maximum atomic E-state index is 13.2. The van der Waals surface area contributed by atoms with Gasteiger partial charge in [0.1, 0.15) is 11.3 Å². The molecule has 1 aliphatic carbocycles. The van der Waals surface area contributed by atoms with Crippen molar-refractivity contribution in [1.29, 1.82) is 0 Å². The van der Waals surface area contributed by atoms with Gasteiger partial charge in [-0.15, -0.1) is 0 Å². The Kier molecular flexibility index (Phi) is 5.35. The van der Waals surface area contributed by atoms with E-state index in [2.05, 4.69) is 5.10 Å². The molecule has 1 fully saturated rings. The molecular weight excluding hydrogens is 407 g/mol. The van der Waals surface area contributed by atoms with Crippen molar-refractivity contribution in [2.24, 2.45) is 11.7 Å². The fourth-order valence-corrected chi connectivity index (χ4v) is 3.78. The quantitative estimate of drug-likeness (QED) is 0.584. The number of nitrogens with two attached hydrogens (primary N) is 1. The summed E-state index contributed by atoms with van der Waals surface area (Å²) in [5.41, 5.74) is 3.79. The third-order valence-electron chi connectivity index (χ3n) is 5.68. The van der Waals surface area contributed by atoms with Crippen molar-refractivity contribution in [2.75, 3.05) is 0 Å². The van der Waals surface area contributed by atoms with Crippen molar-refractivity contribution in [3.8, 4) is 5.69 Å². The van der Waals surface area contributed by atoms with Crippen molar-refractivity contribution >= 4 is 5.91 Å². The minimum atomic E-state index is -4.72. The number of alkyl halides is 3. The van der Waals surface area contributed by atoms with Crippen LogP contribution in [0.5, 0.6) is 0 Å². The topological polar surface area (TPSA) is 81.1 Å². The molecule has 31 heavy (non-hydrogen) atoms. The van der Waals surface area contributed by atoms with Crippen molar-refractivity contribution in [2.45, 2.75) is 37.5 Å². The van der Waals surface area contributed by atoms with Crippen LogP contribution in [0.2, 0.25) is 0 Å². The standard InChI is InChI=1S/C23H22F3N3O2/c24-23(25,26)20-14-19(21(27)30)29(28-20)18-8-4-7-17(13-18)22(31,12-11-15-9-10-15)16-5-2-1-3-6-16/h1-8,13-15,31H,9-12H2,(H2,27,30). The number of halogens is 3. The van der Waals surface area contributed by atoms with Crippen molar-refractivity contribution in [1.82, 2.24) is 9.78 Å². The van der Waals surface area contributed by atoms with Crippen LogP contribution in [0.15, 0.2) is 60.7 Å². The van der Waals surface area contributed by atoms with Gasteiger partial charge in [0.05, 0.1) is 5.69 Å². The number of carbonyl (C=O) groups excluding carboxylic acids is 1. The molecule has 1 atom stereocenters. The van der Waals surface area contributed by atoms with Crippen LogP contribution in [0.3, 0.4) is 0 Å². The van der Waals surface area contributed by atoms with Crippen LogP contribution in [0.4, 0.5) is 13.2 Å². The second kappa shape index (κ2) is 7.85. The van der Waals surface area contributed by atoms with Gasteiger partial charge < -0.3 is 10.8 Å². The average molecular weight is 429 g/mol. The first-order valence-electron chi connectivity index (χ1n) is 10.0. The number of aliphatic hydroxyl groups is 1. The molecule has 1 amide bonds. The molecule has 1 heterocycles. The van der Waals surface area contributed by atoms with Gasteiger partial charge in [-0.25, -0.2) is 4.68 Å². The van der Waals surface area contributed by atoms with Gasteiger partial charge in [-0.1, -0.05) is 55.3 Å². The Morgan fingerprint density at radius 1 is 1.06 bits per heavy atom. The monoisotopic (exact) mass is 429 g/mol. The van der Waals surface area contributed by atoms with Gasteiger partial charge in [-0.3, -0.25) is 4.79 Å². The molecule has 1 unspecified atom stereocenters. The first kappa shape index (κ1) is 21.1.